The molecule has 8 heteroatoms. The van der Waals surface area contributed by atoms with Gasteiger partial charge in [-0.05, 0) is 37.9 Å². The molecule has 0 aliphatic heterocycles. The molecule has 23 heavy (non-hydrogen) atoms. The van der Waals surface area contributed by atoms with E-state index in [-0.39, 0.29) is 11.4 Å². The first-order chi connectivity index (χ1) is 10.9. The Balaban J connectivity index is 2.35. The van der Waals surface area contributed by atoms with E-state index >= 15 is 0 Å². The van der Waals surface area contributed by atoms with Crippen molar-refractivity contribution in [2.45, 2.75) is 0 Å². The van der Waals surface area contributed by atoms with E-state index in [4.69, 9.17) is 5.73 Å². The number of nitrogens with two attached hydrogens (primary N) is 1. The van der Waals surface area contributed by atoms with E-state index in [1.807, 2.05) is 19.0 Å². The zero-order chi connectivity index (χ0) is 17.0. The van der Waals surface area contributed by atoms with E-state index in [0.29, 0.717) is 23.4 Å². The van der Waals surface area contributed by atoms with Gasteiger partial charge in [-0.2, -0.15) is 0 Å². The number of nitrogens with one attached hydrogen (secondary N) is 1. The van der Waals surface area contributed by atoms with Gasteiger partial charge in [-0.3, -0.25) is 15.1 Å². The van der Waals surface area contributed by atoms with Gasteiger partial charge >= 0.3 is 5.69 Å². The van der Waals surface area contributed by atoms with Gasteiger partial charge in [0.15, 0.2) is 0 Å². The second-order valence-electron chi connectivity index (χ2n) is 5.34. The summed E-state index contributed by atoms with van der Waals surface area (Å²) in [4.78, 5) is 16.1. The number of nitrogens with zero attached hydrogens (tertiary/aromatic N) is 3. The number of anilines is 2. The van der Waals surface area contributed by atoms with E-state index in [9.17, 15) is 14.5 Å². The van der Waals surface area contributed by atoms with Crippen molar-refractivity contribution in [1.29, 1.82) is 0 Å². The quantitative estimate of drug-likeness (QED) is 0.626. The minimum Gasteiger partial charge on any atom is -0.393 e. The molecule has 122 valence electrons. The first-order valence-corrected chi connectivity index (χ1v) is 6.96. The second kappa shape index (κ2) is 7.01. The van der Waals surface area contributed by atoms with Crippen molar-refractivity contribution in [3.05, 3.63) is 46.5 Å². The molecule has 0 saturated heterocycles. The van der Waals surface area contributed by atoms with Gasteiger partial charge in [-0.25, -0.2) is 4.39 Å². The number of nitro groups is 1. The molecule has 0 fully saturated rings. The van der Waals surface area contributed by atoms with E-state index in [1.54, 1.807) is 6.07 Å². The molecule has 0 unspecified atom stereocenters. The summed E-state index contributed by atoms with van der Waals surface area (Å²) in [6.07, 6.45) is 2.47. The zero-order valence-electron chi connectivity index (χ0n) is 12.9. The minimum absolute atomic E-state index is 0.0326. The van der Waals surface area contributed by atoms with E-state index < -0.39 is 10.7 Å². The first kappa shape index (κ1) is 16.6. The molecule has 0 radical (unpaired) electrons. The van der Waals surface area contributed by atoms with Crippen molar-refractivity contribution in [3.63, 3.8) is 0 Å². The highest BCUT2D eigenvalue weighted by atomic mass is 19.1. The highest BCUT2D eigenvalue weighted by molar-refractivity contribution is 5.82. The minimum atomic E-state index is -0.610. The fourth-order valence-corrected chi connectivity index (χ4v) is 2.11. The number of aromatic nitrogens is 1. The number of hydrogen-bond acceptors (Lipinski definition) is 6. The fourth-order valence-electron chi connectivity index (χ4n) is 2.11. The molecular weight excluding hydrogens is 301 g/mol. The van der Waals surface area contributed by atoms with Crippen molar-refractivity contribution >= 4 is 17.1 Å². The van der Waals surface area contributed by atoms with Crippen LogP contribution < -0.4 is 11.1 Å². The van der Waals surface area contributed by atoms with Crippen LogP contribution in [0.25, 0.3) is 11.1 Å². The van der Waals surface area contributed by atoms with Gasteiger partial charge in [-0.15, -0.1) is 0 Å². The molecule has 1 heterocycles. The Labute approximate surface area is 133 Å². The molecule has 0 aliphatic rings. The number of hydrogen-bond donors (Lipinski definition) is 2. The standard InChI is InChI=1S/C15H18FN5O2/c1-20(2)4-3-19-12-6-10(5-11(16)7-12)13-8-18-9-14(15(13)17)21(22)23/h5-9,19H,3-4H2,1-2H3,(H2,17,18). The van der Waals surface area contributed by atoms with Crippen molar-refractivity contribution in [2.75, 3.05) is 38.2 Å². The second-order valence-corrected chi connectivity index (χ2v) is 5.34. The van der Waals surface area contributed by atoms with Gasteiger partial charge in [0.1, 0.15) is 17.7 Å². The van der Waals surface area contributed by atoms with Gasteiger partial charge in [0.05, 0.1) is 4.92 Å². The summed E-state index contributed by atoms with van der Waals surface area (Å²) in [5, 5.41) is 14.0. The maximum atomic E-state index is 13.8. The molecule has 0 atom stereocenters. The summed E-state index contributed by atoms with van der Waals surface area (Å²) >= 11 is 0. The average Bonchev–Trinajstić information content (AvgIpc) is 2.46. The van der Waals surface area contributed by atoms with Crippen LogP contribution in [0.4, 0.5) is 21.5 Å². The molecule has 2 rings (SSSR count). The van der Waals surface area contributed by atoms with Crippen molar-refractivity contribution in [1.82, 2.24) is 9.88 Å². The monoisotopic (exact) mass is 319 g/mol. The van der Waals surface area contributed by atoms with Crippen LogP contribution in [0.2, 0.25) is 0 Å². The third kappa shape index (κ3) is 4.13. The number of likely N-dealkylation sites (N-methyl/N-ethyl adjacent to an activating group) is 1. The largest absolute Gasteiger partial charge is 0.393 e. The fraction of sp³-hybridized carbons (Fsp3) is 0.267. The lowest BCUT2D eigenvalue weighted by Gasteiger charge is -2.13. The Bertz CT molecular complexity index is 721. The maximum absolute atomic E-state index is 13.8. The summed E-state index contributed by atoms with van der Waals surface area (Å²) in [6, 6.07) is 4.32. The van der Waals surface area contributed by atoms with Crippen LogP contribution >= 0.6 is 0 Å². The average molecular weight is 319 g/mol. The van der Waals surface area contributed by atoms with Crippen LogP contribution in [0.1, 0.15) is 0 Å². The highest BCUT2D eigenvalue weighted by Crippen LogP contribution is 2.33. The number of pyridine rings is 1. The molecule has 0 bridgehead atoms. The van der Waals surface area contributed by atoms with Crippen LogP contribution in [0.3, 0.4) is 0 Å². The molecule has 7 nitrogen and oxygen atoms in total. The first-order valence-electron chi connectivity index (χ1n) is 6.96. The smallest absolute Gasteiger partial charge is 0.310 e. The van der Waals surface area contributed by atoms with Crippen LogP contribution in [-0.4, -0.2) is 42.0 Å². The molecule has 2 aromatic rings. The third-order valence-electron chi connectivity index (χ3n) is 3.26. The molecule has 0 spiro atoms. The molecule has 1 aromatic carbocycles. The Morgan fingerprint density at radius 3 is 2.74 bits per heavy atom. The normalized spacial score (nSPS) is 10.8. The van der Waals surface area contributed by atoms with Crippen molar-refractivity contribution in [2.24, 2.45) is 0 Å². The van der Waals surface area contributed by atoms with Crippen LogP contribution in [0, 0.1) is 15.9 Å². The van der Waals surface area contributed by atoms with Gasteiger partial charge in [0.25, 0.3) is 0 Å². The Kier molecular flexibility index (Phi) is 5.07. The van der Waals surface area contributed by atoms with Crippen molar-refractivity contribution in [3.8, 4) is 11.1 Å². The number of benzene rings is 1. The summed E-state index contributed by atoms with van der Waals surface area (Å²) in [7, 11) is 3.88. The van der Waals surface area contributed by atoms with Gasteiger partial charge in [0, 0.05) is 30.5 Å². The predicted molar refractivity (Wildman–Crippen MR) is 87.7 cm³/mol. The summed E-state index contributed by atoms with van der Waals surface area (Å²) in [6.45, 7) is 1.42. The molecule has 0 aliphatic carbocycles. The Hall–Kier alpha value is -2.74. The lowest BCUT2D eigenvalue weighted by molar-refractivity contribution is -0.384. The molecule has 3 N–H and O–H groups in total. The topological polar surface area (TPSA) is 97.3 Å². The molecule has 0 saturated carbocycles. The summed E-state index contributed by atoms with van der Waals surface area (Å²) in [5.74, 6) is -0.458. The Morgan fingerprint density at radius 2 is 2.09 bits per heavy atom. The number of rotatable bonds is 6. The van der Waals surface area contributed by atoms with Crippen LogP contribution in [-0.2, 0) is 0 Å². The van der Waals surface area contributed by atoms with Gasteiger partial charge in [-0.1, -0.05) is 0 Å². The van der Waals surface area contributed by atoms with E-state index in [2.05, 4.69) is 10.3 Å². The number of nitrogen functional groups attached to an aromatic ring is 1. The van der Waals surface area contributed by atoms with Crippen molar-refractivity contribution < 1.29 is 9.31 Å². The van der Waals surface area contributed by atoms with E-state index in [0.717, 1.165) is 12.7 Å². The SMILES string of the molecule is CN(C)CCNc1cc(F)cc(-c2cncc([N+](=O)[O-])c2N)c1. The highest BCUT2D eigenvalue weighted by Gasteiger charge is 2.17. The van der Waals surface area contributed by atoms with Gasteiger partial charge < -0.3 is 16.0 Å². The van der Waals surface area contributed by atoms with Crippen LogP contribution in [0.15, 0.2) is 30.6 Å². The summed E-state index contributed by atoms with van der Waals surface area (Å²) in [5.41, 5.74) is 6.84. The van der Waals surface area contributed by atoms with Gasteiger partial charge in [0.2, 0.25) is 0 Å². The molecular formula is C15H18FN5O2. The van der Waals surface area contributed by atoms with E-state index in [1.165, 1.54) is 18.3 Å². The molecule has 1 aromatic heterocycles. The molecule has 0 amide bonds. The Morgan fingerprint density at radius 1 is 1.35 bits per heavy atom. The predicted octanol–water partition coefficient (Wildman–Crippen LogP) is 2.35. The summed E-state index contributed by atoms with van der Waals surface area (Å²) < 4.78 is 13.8. The lowest BCUT2D eigenvalue weighted by atomic mass is 10.0. The number of halogens is 1. The zero-order valence-corrected chi connectivity index (χ0v) is 12.9. The van der Waals surface area contributed by atoms with Crippen LogP contribution in [0.5, 0.6) is 0 Å². The maximum Gasteiger partial charge on any atom is 0.310 e. The lowest BCUT2D eigenvalue weighted by Crippen LogP contribution is -2.20. The third-order valence-corrected chi connectivity index (χ3v) is 3.26.